The summed E-state index contributed by atoms with van der Waals surface area (Å²) in [6, 6.07) is 37.1. The summed E-state index contributed by atoms with van der Waals surface area (Å²) in [4.78, 5) is 2.48. The predicted molar refractivity (Wildman–Crippen MR) is 262 cm³/mol. The molecule has 59 heavy (non-hydrogen) atoms. The van der Waals surface area contributed by atoms with E-state index in [1.54, 1.807) is 11.1 Å². The van der Waals surface area contributed by atoms with E-state index in [1.807, 2.05) is 0 Å². The normalized spacial score (nSPS) is 12.8. The van der Waals surface area contributed by atoms with Gasteiger partial charge < -0.3 is 4.90 Å². The summed E-state index contributed by atoms with van der Waals surface area (Å²) in [5.41, 5.74) is 11.2. The number of aryl methyl sites for hydroxylation is 1. The summed E-state index contributed by atoms with van der Waals surface area (Å²) in [5.74, 6) is 0. The molecule has 0 unspecified atom stereocenters. The van der Waals surface area contributed by atoms with Crippen molar-refractivity contribution in [1.82, 2.24) is 0 Å². The van der Waals surface area contributed by atoms with E-state index >= 15 is 0 Å². The Kier molecular flexibility index (Phi) is 21.8. The predicted octanol–water partition coefficient (Wildman–Crippen LogP) is 19.5. The average molecular weight is 796 g/mol. The highest BCUT2D eigenvalue weighted by molar-refractivity contribution is 5.85. The first-order valence-electron chi connectivity index (χ1n) is 25.3. The Hall–Kier alpha value is -3.32. The van der Waals surface area contributed by atoms with Crippen molar-refractivity contribution in [3.8, 4) is 11.1 Å². The van der Waals surface area contributed by atoms with Crippen molar-refractivity contribution in [3.63, 3.8) is 0 Å². The first-order chi connectivity index (χ1) is 29.2. The molecular weight excluding hydrogens is 711 g/mol. The summed E-state index contributed by atoms with van der Waals surface area (Å²) < 4.78 is 0. The molecule has 0 saturated carbocycles. The number of nitrogens with zero attached hydrogens (tertiary/aromatic N) is 1. The monoisotopic (exact) mass is 796 g/mol. The van der Waals surface area contributed by atoms with Crippen LogP contribution < -0.4 is 4.90 Å². The van der Waals surface area contributed by atoms with Gasteiger partial charge in [0.05, 0.1) is 0 Å². The van der Waals surface area contributed by atoms with Crippen LogP contribution in [0.4, 0.5) is 17.1 Å². The molecule has 4 aromatic rings. The van der Waals surface area contributed by atoms with Crippen molar-refractivity contribution < 1.29 is 0 Å². The Morgan fingerprint density at radius 3 is 1.19 bits per heavy atom. The summed E-state index contributed by atoms with van der Waals surface area (Å²) in [7, 11) is 0. The molecule has 322 valence electrons. The standard InChI is InChI=1S/C58H85N/c1-4-6-8-10-12-14-16-18-20-22-24-26-28-35-47-58(48-36-29-27-25-23-21-19-17-15-13-11-9-7-5-2)56-40-34-33-39-54(56)55-46-45-53(49-57(55)58)59(51-37-31-30-32-38-51)52-43-41-50(3)42-44-52/h30-34,37-46,49H,4-29,35-36,47-48H2,1-3H3. The lowest BCUT2D eigenvalue weighted by molar-refractivity contribution is 0.397. The van der Waals surface area contributed by atoms with E-state index in [4.69, 9.17) is 0 Å². The van der Waals surface area contributed by atoms with Gasteiger partial charge in [-0.1, -0.05) is 260 Å². The number of anilines is 3. The largest absolute Gasteiger partial charge is 0.310 e. The lowest BCUT2D eigenvalue weighted by Crippen LogP contribution is -2.26. The zero-order chi connectivity index (χ0) is 41.2. The molecule has 1 nitrogen and oxygen atoms in total. The summed E-state index contributed by atoms with van der Waals surface area (Å²) in [6.45, 7) is 6.82. The number of hydrogen-bond acceptors (Lipinski definition) is 1. The minimum absolute atomic E-state index is 0.0752. The number of hydrogen-bond donors (Lipinski definition) is 0. The summed E-state index contributed by atoms with van der Waals surface area (Å²) in [6.07, 6.45) is 42.0. The first-order valence-corrected chi connectivity index (χ1v) is 25.3. The number of fused-ring (bicyclic) bond motifs is 3. The van der Waals surface area contributed by atoms with Crippen molar-refractivity contribution in [2.75, 3.05) is 4.90 Å². The van der Waals surface area contributed by atoms with Gasteiger partial charge in [0.25, 0.3) is 0 Å². The van der Waals surface area contributed by atoms with Crippen LogP contribution in [0.5, 0.6) is 0 Å². The van der Waals surface area contributed by atoms with Crippen molar-refractivity contribution in [2.45, 2.75) is 219 Å². The van der Waals surface area contributed by atoms with E-state index in [0.29, 0.717) is 0 Å². The van der Waals surface area contributed by atoms with Gasteiger partial charge in [0.1, 0.15) is 0 Å². The Labute approximate surface area is 364 Å². The summed E-state index contributed by atoms with van der Waals surface area (Å²) in [5, 5.41) is 0. The van der Waals surface area contributed by atoms with E-state index < -0.39 is 0 Å². The van der Waals surface area contributed by atoms with Gasteiger partial charge in [-0.3, -0.25) is 0 Å². The smallest absolute Gasteiger partial charge is 0.0465 e. The van der Waals surface area contributed by atoms with Crippen LogP contribution in [-0.4, -0.2) is 0 Å². The molecule has 0 fully saturated rings. The maximum absolute atomic E-state index is 2.61. The molecule has 1 heteroatoms. The number of para-hydroxylation sites is 1. The van der Waals surface area contributed by atoms with E-state index in [1.165, 1.54) is 226 Å². The molecular formula is C58H85N. The Morgan fingerprint density at radius 2 is 0.712 bits per heavy atom. The number of unbranched alkanes of at least 4 members (excludes halogenated alkanes) is 26. The molecule has 0 N–H and O–H groups in total. The van der Waals surface area contributed by atoms with Crippen molar-refractivity contribution in [2.24, 2.45) is 0 Å². The molecule has 0 aromatic heterocycles. The van der Waals surface area contributed by atoms with Crippen LogP contribution in [0.15, 0.2) is 97.1 Å². The van der Waals surface area contributed by atoms with Gasteiger partial charge in [-0.2, -0.15) is 0 Å². The van der Waals surface area contributed by atoms with Crippen LogP contribution in [0.25, 0.3) is 11.1 Å². The Bertz CT molecular complexity index is 1640. The molecule has 0 spiro atoms. The first kappa shape index (κ1) is 46.7. The number of rotatable bonds is 33. The molecule has 0 saturated heterocycles. The van der Waals surface area contributed by atoms with Gasteiger partial charge in [0, 0.05) is 22.5 Å². The molecule has 0 aliphatic heterocycles. The van der Waals surface area contributed by atoms with Crippen LogP contribution in [-0.2, 0) is 5.41 Å². The van der Waals surface area contributed by atoms with Gasteiger partial charge in [-0.05, 0) is 78.4 Å². The molecule has 0 radical (unpaired) electrons. The lowest BCUT2D eigenvalue weighted by Gasteiger charge is -2.34. The van der Waals surface area contributed by atoms with Gasteiger partial charge >= 0.3 is 0 Å². The van der Waals surface area contributed by atoms with Crippen molar-refractivity contribution in [3.05, 3.63) is 114 Å². The van der Waals surface area contributed by atoms with Crippen LogP contribution in [0.2, 0.25) is 0 Å². The lowest BCUT2D eigenvalue weighted by atomic mass is 9.70. The third-order valence-electron chi connectivity index (χ3n) is 13.7. The third-order valence-corrected chi connectivity index (χ3v) is 13.7. The van der Waals surface area contributed by atoms with Crippen LogP contribution in [0.3, 0.4) is 0 Å². The fraction of sp³-hybridized carbons (Fsp3) is 0.586. The highest BCUT2D eigenvalue weighted by Crippen LogP contribution is 2.55. The Morgan fingerprint density at radius 1 is 0.339 bits per heavy atom. The summed E-state index contributed by atoms with van der Waals surface area (Å²) >= 11 is 0. The Balaban J connectivity index is 1.24. The fourth-order valence-electron chi connectivity index (χ4n) is 10.2. The van der Waals surface area contributed by atoms with Gasteiger partial charge in [0.15, 0.2) is 0 Å². The highest BCUT2D eigenvalue weighted by Gasteiger charge is 2.42. The quantitative estimate of drug-likeness (QED) is 0.0434. The second kappa shape index (κ2) is 27.5. The van der Waals surface area contributed by atoms with Crippen molar-refractivity contribution in [1.29, 1.82) is 0 Å². The molecule has 1 aliphatic carbocycles. The van der Waals surface area contributed by atoms with Crippen LogP contribution in [0, 0.1) is 6.92 Å². The minimum Gasteiger partial charge on any atom is -0.310 e. The van der Waals surface area contributed by atoms with E-state index in [0.717, 1.165) is 0 Å². The SMILES string of the molecule is CCCCCCCCCCCCCCCCC1(CCCCCCCCCCCCCCCC)c2ccccc2-c2ccc(N(c3ccccc3)c3ccc(C)cc3)cc21. The third kappa shape index (κ3) is 15.0. The second-order valence-corrected chi connectivity index (χ2v) is 18.6. The molecule has 4 aromatic carbocycles. The van der Waals surface area contributed by atoms with E-state index in [-0.39, 0.29) is 5.41 Å². The minimum atomic E-state index is 0.0752. The molecule has 0 bridgehead atoms. The van der Waals surface area contributed by atoms with E-state index in [2.05, 4.69) is 123 Å². The van der Waals surface area contributed by atoms with Gasteiger partial charge in [0.2, 0.25) is 0 Å². The van der Waals surface area contributed by atoms with Gasteiger partial charge in [-0.15, -0.1) is 0 Å². The molecule has 1 aliphatic rings. The molecule has 5 rings (SSSR count). The average Bonchev–Trinajstić information content (AvgIpc) is 3.53. The molecule has 0 heterocycles. The van der Waals surface area contributed by atoms with Crippen molar-refractivity contribution >= 4 is 17.1 Å². The maximum Gasteiger partial charge on any atom is 0.0465 e. The zero-order valence-electron chi connectivity index (χ0n) is 38.4. The topological polar surface area (TPSA) is 3.24 Å². The molecule has 0 amide bonds. The van der Waals surface area contributed by atoms with Gasteiger partial charge in [-0.25, -0.2) is 0 Å². The molecule has 0 atom stereocenters. The zero-order valence-corrected chi connectivity index (χ0v) is 38.4. The number of benzene rings is 4. The van der Waals surface area contributed by atoms with Crippen LogP contribution in [0.1, 0.15) is 223 Å². The van der Waals surface area contributed by atoms with Crippen LogP contribution >= 0.6 is 0 Å². The maximum atomic E-state index is 2.61. The van der Waals surface area contributed by atoms with E-state index in [9.17, 15) is 0 Å². The second-order valence-electron chi connectivity index (χ2n) is 18.6. The fourth-order valence-corrected chi connectivity index (χ4v) is 10.2. The highest BCUT2D eigenvalue weighted by atomic mass is 15.1.